The highest BCUT2D eigenvalue weighted by Crippen LogP contribution is 1.96. The second-order valence-electron chi connectivity index (χ2n) is 3.02. The Morgan fingerprint density at radius 3 is 2.53 bits per heavy atom. The van der Waals surface area contributed by atoms with E-state index in [9.17, 15) is 0 Å². The normalized spacial score (nSPS) is 10.5. The number of aliphatic hydroxyl groups is 1. The van der Waals surface area contributed by atoms with Gasteiger partial charge in [-0.1, -0.05) is 0 Å². The Kier molecular flexibility index (Phi) is 5.84. The number of methoxy groups -OCH3 is 1. The molecule has 0 atom stereocenters. The van der Waals surface area contributed by atoms with Gasteiger partial charge in [0.25, 0.3) is 0 Å². The van der Waals surface area contributed by atoms with Crippen molar-refractivity contribution >= 4 is 0 Å². The highest BCUT2D eigenvalue weighted by Gasteiger charge is 1.97. The zero-order chi connectivity index (χ0) is 10.9. The lowest BCUT2D eigenvalue weighted by molar-refractivity contribution is 0.0716. The van der Waals surface area contributed by atoms with Gasteiger partial charge in [0.15, 0.2) is 0 Å². The van der Waals surface area contributed by atoms with Crippen LogP contribution in [0.15, 0.2) is 12.4 Å². The van der Waals surface area contributed by atoms with Crippen molar-refractivity contribution in [3.8, 4) is 0 Å². The third kappa shape index (κ3) is 4.83. The van der Waals surface area contributed by atoms with Crippen molar-refractivity contribution in [2.75, 3.05) is 26.9 Å². The summed E-state index contributed by atoms with van der Waals surface area (Å²) >= 11 is 0. The lowest BCUT2D eigenvalue weighted by Crippen LogP contribution is -2.07. The smallest absolute Gasteiger partial charge is 0.130 e. The summed E-state index contributed by atoms with van der Waals surface area (Å²) in [7, 11) is 1.64. The van der Waals surface area contributed by atoms with Gasteiger partial charge in [-0.25, -0.2) is 9.97 Å². The quantitative estimate of drug-likeness (QED) is 0.653. The van der Waals surface area contributed by atoms with Gasteiger partial charge < -0.3 is 14.6 Å². The predicted molar refractivity (Wildman–Crippen MR) is 54.4 cm³/mol. The Bertz CT molecular complexity index is 264. The van der Waals surface area contributed by atoms with Crippen LogP contribution in [-0.4, -0.2) is 42.0 Å². The average molecular weight is 212 g/mol. The van der Waals surface area contributed by atoms with Crippen LogP contribution < -0.4 is 0 Å². The van der Waals surface area contributed by atoms with Crippen LogP contribution in [0.1, 0.15) is 11.4 Å². The molecular formula is C10H16N2O3. The first-order valence-electron chi connectivity index (χ1n) is 4.84. The molecule has 0 saturated heterocycles. The molecule has 0 unspecified atom stereocenters. The average Bonchev–Trinajstić information content (AvgIpc) is 2.30. The van der Waals surface area contributed by atoms with Crippen molar-refractivity contribution in [2.45, 2.75) is 13.0 Å². The van der Waals surface area contributed by atoms with Crippen molar-refractivity contribution in [1.29, 1.82) is 0 Å². The maximum absolute atomic E-state index is 8.78. The molecule has 0 radical (unpaired) electrons. The molecule has 5 heteroatoms. The minimum absolute atomic E-state index is 0.0232. The summed E-state index contributed by atoms with van der Waals surface area (Å²) in [6, 6.07) is 0. The van der Waals surface area contributed by atoms with Crippen LogP contribution in [0.4, 0.5) is 0 Å². The van der Waals surface area contributed by atoms with Crippen molar-refractivity contribution in [3.63, 3.8) is 0 Å². The molecule has 1 heterocycles. The van der Waals surface area contributed by atoms with Gasteiger partial charge in [0.2, 0.25) is 0 Å². The van der Waals surface area contributed by atoms with Crippen molar-refractivity contribution in [3.05, 3.63) is 23.8 Å². The van der Waals surface area contributed by atoms with Crippen LogP contribution in [-0.2, 0) is 22.5 Å². The summed E-state index contributed by atoms with van der Waals surface area (Å²) in [5, 5.41) is 8.78. The van der Waals surface area contributed by atoms with E-state index in [1.54, 1.807) is 19.5 Å². The van der Waals surface area contributed by atoms with E-state index in [0.717, 1.165) is 11.4 Å². The zero-order valence-corrected chi connectivity index (χ0v) is 8.85. The minimum atomic E-state index is -0.0232. The molecule has 0 aliphatic heterocycles. The summed E-state index contributed by atoms with van der Waals surface area (Å²) in [6.45, 7) is 1.75. The highest BCUT2D eigenvalue weighted by molar-refractivity contribution is 5.03. The summed E-state index contributed by atoms with van der Waals surface area (Å²) < 4.78 is 10.1. The Hall–Kier alpha value is -1.04. The second-order valence-corrected chi connectivity index (χ2v) is 3.02. The topological polar surface area (TPSA) is 64.5 Å². The van der Waals surface area contributed by atoms with E-state index in [4.69, 9.17) is 14.6 Å². The van der Waals surface area contributed by atoms with E-state index in [-0.39, 0.29) is 6.61 Å². The number of hydrogen-bond donors (Lipinski definition) is 1. The third-order valence-corrected chi connectivity index (χ3v) is 1.84. The Balaban J connectivity index is 2.20. The SMILES string of the molecule is COCCOCCc1ncc(CO)cn1. The van der Waals surface area contributed by atoms with E-state index < -0.39 is 0 Å². The van der Waals surface area contributed by atoms with Gasteiger partial charge in [-0.3, -0.25) is 0 Å². The fraction of sp³-hybridized carbons (Fsp3) is 0.600. The maximum atomic E-state index is 8.78. The summed E-state index contributed by atoms with van der Waals surface area (Å²) in [5.74, 6) is 0.726. The fourth-order valence-corrected chi connectivity index (χ4v) is 1.00. The van der Waals surface area contributed by atoms with Gasteiger partial charge >= 0.3 is 0 Å². The van der Waals surface area contributed by atoms with Gasteiger partial charge in [-0.15, -0.1) is 0 Å². The van der Waals surface area contributed by atoms with E-state index in [2.05, 4.69) is 9.97 Å². The number of aromatic nitrogens is 2. The zero-order valence-electron chi connectivity index (χ0n) is 8.85. The Morgan fingerprint density at radius 1 is 1.20 bits per heavy atom. The summed E-state index contributed by atoms with van der Waals surface area (Å²) in [5.41, 5.74) is 0.721. The maximum Gasteiger partial charge on any atom is 0.130 e. The van der Waals surface area contributed by atoms with Crippen LogP contribution in [0.2, 0.25) is 0 Å². The van der Waals surface area contributed by atoms with Gasteiger partial charge in [0.05, 0.1) is 26.4 Å². The lowest BCUT2D eigenvalue weighted by atomic mass is 10.3. The van der Waals surface area contributed by atoms with Gasteiger partial charge in [0, 0.05) is 31.5 Å². The highest BCUT2D eigenvalue weighted by atomic mass is 16.5. The van der Waals surface area contributed by atoms with Crippen LogP contribution in [0.25, 0.3) is 0 Å². The first-order valence-corrected chi connectivity index (χ1v) is 4.84. The molecule has 1 aromatic rings. The van der Waals surface area contributed by atoms with Crippen LogP contribution in [0.5, 0.6) is 0 Å². The molecule has 0 spiro atoms. The predicted octanol–water partition coefficient (Wildman–Crippen LogP) is 0.174. The molecular weight excluding hydrogens is 196 g/mol. The number of ether oxygens (including phenoxy) is 2. The summed E-state index contributed by atoms with van der Waals surface area (Å²) in [4.78, 5) is 8.17. The van der Waals surface area contributed by atoms with Gasteiger partial charge in [0.1, 0.15) is 5.82 Å². The largest absolute Gasteiger partial charge is 0.392 e. The number of hydrogen-bond acceptors (Lipinski definition) is 5. The molecule has 0 saturated carbocycles. The molecule has 1 N–H and O–H groups in total. The standard InChI is InChI=1S/C10H16N2O3/c1-14-4-5-15-3-2-10-11-6-9(8-13)7-12-10/h6-7,13H,2-5,8H2,1H3. The molecule has 15 heavy (non-hydrogen) atoms. The van der Waals surface area contributed by atoms with E-state index in [0.29, 0.717) is 26.2 Å². The van der Waals surface area contributed by atoms with Crippen molar-refractivity contribution < 1.29 is 14.6 Å². The number of nitrogens with zero attached hydrogens (tertiary/aromatic N) is 2. The van der Waals surface area contributed by atoms with Crippen LogP contribution in [0.3, 0.4) is 0 Å². The Labute approximate surface area is 89.1 Å². The molecule has 1 rings (SSSR count). The number of aliphatic hydroxyl groups excluding tert-OH is 1. The van der Waals surface area contributed by atoms with Gasteiger partial charge in [-0.05, 0) is 0 Å². The van der Waals surface area contributed by atoms with Crippen molar-refractivity contribution in [1.82, 2.24) is 9.97 Å². The molecule has 0 aromatic carbocycles. The molecule has 0 aliphatic carbocycles. The molecule has 1 aromatic heterocycles. The molecule has 0 fully saturated rings. The van der Waals surface area contributed by atoms with Gasteiger partial charge in [-0.2, -0.15) is 0 Å². The van der Waals surface area contributed by atoms with Crippen molar-refractivity contribution in [2.24, 2.45) is 0 Å². The Morgan fingerprint density at radius 2 is 1.93 bits per heavy atom. The molecule has 0 bridgehead atoms. The van der Waals surface area contributed by atoms with E-state index >= 15 is 0 Å². The van der Waals surface area contributed by atoms with Crippen LogP contribution in [0, 0.1) is 0 Å². The monoisotopic (exact) mass is 212 g/mol. The third-order valence-electron chi connectivity index (χ3n) is 1.84. The van der Waals surface area contributed by atoms with E-state index in [1.165, 1.54) is 0 Å². The fourth-order valence-electron chi connectivity index (χ4n) is 1.00. The molecule has 5 nitrogen and oxygen atoms in total. The van der Waals surface area contributed by atoms with Crippen LogP contribution >= 0.6 is 0 Å². The lowest BCUT2D eigenvalue weighted by Gasteiger charge is -2.03. The van der Waals surface area contributed by atoms with E-state index in [1.807, 2.05) is 0 Å². The summed E-state index contributed by atoms with van der Waals surface area (Å²) in [6.07, 6.45) is 3.92. The molecule has 0 amide bonds. The first-order chi connectivity index (χ1) is 7.36. The molecule has 0 aliphatic rings. The minimum Gasteiger partial charge on any atom is -0.392 e. The second kappa shape index (κ2) is 7.28. The number of rotatable bonds is 7. The molecule has 84 valence electrons. The first kappa shape index (κ1) is 12.0.